The molecule has 4 rings (SSSR count). The quantitative estimate of drug-likeness (QED) is 0.758. The van der Waals surface area contributed by atoms with Crippen LogP contribution in [0, 0.1) is 5.82 Å². The first-order chi connectivity index (χ1) is 12.4. The summed E-state index contributed by atoms with van der Waals surface area (Å²) in [7, 11) is 0. The van der Waals surface area contributed by atoms with Crippen molar-refractivity contribution in [2.45, 2.75) is 18.9 Å². The summed E-state index contributed by atoms with van der Waals surface area (Å²) in [5, 5.41) is 9.46. The van der Waals surface area contributed by atoms with Crippen LogP contribution < -0.4 is 9.64 Å². The van der Waals surface area contributed by atoms with Crippen LogP contribution in [0.5, 0.6) is 5.75 Å². The molecule has 1 unspecified atom stereocenters. The van der Waals surface area contributed by atoms with E-state index in [1.165, 1.54) is 17.9 Å². The summed E-state index contributed by atoms with van der Waals surface area (Å²) in [6.45, 7) is 1.43. The van der Waals surface area contributed by atoms with Gasteiger partial charge in [0.05, 0.1) is 16.8 Å². The van der Waals surface area contributed by atoms with Gasteiger partial charge in [-0.25, -0.2) is 14.3 Å². The van der Waals surface area contributed by atoms with Crippen molar-refractivity contribution in [3.63, 3.8) is 0 Å². The Morgan fingerprint density at radius 2 is 2.08 bits per heavy atom. The number of anilines is 2. The Morgan fingerprint density at radius 3 is 2.81 bits per heavy atom. The SMILES string of the molecule is CC1(CC(=O)O)Oc2ccccc2N(c2nc3c(F)cccc3s2)C1=O. The normalized spacial score (nSPS) is 19.3. The standard InChI is InChI=1S/C18H13FN2O4S/c1-18(9-14(22)23)16(24)21(11-6-2-3-7-12(11)25-18)17-20-15-10(19)5-4-8-13(15)26-17/h2-8H,9H2,1H3,(H,22,23). The van der Waals surface area contributed by atoms with Crippen LogP contribution in [0.4, 0.5) is 15.2 Å². The monoisotopic (exact) mass is 372 g/mol. The van der Waals surface area contributed by atoms with Gasteiger partial charge in [0.2, 0.25) is 0 Å². The highest BCUT2D eigenvalue weighted by Gasteiger charge is 2.47. The number of benzene rings is 2. The molecule has 26 heavy (non-hydrogen) atoms. The summed E-state index contributed by atoms with van der Waals surface area (Å²) in [5.41, 5.74) is -0.972. The third-order valence-corrected chi connectivity index (χ3v) is 5.14. The van der Waals surface area contributed by atoms with E-state index >= 15 is 0 Å². The highest BCUT2D eigenvalue weighted by atomic mass is 32.1. The number of para-hydroxylation sites is 3. The number of rotatable bonds is 3. The van der Waals surface area contributed by atoms with Gasteiger partial charge < -0.3 is 9.84 Å². The van der Waals surface area contributed by atoms with E-state index in [9.17, 15) is 19.1 Å². The first kappa shape index (κ1) is 16.5. The Hall–Kier alpha value is -3.00. The number of carboxylic acids is 1. The van der Waals surface area contributed by atoms with Gasteiger partial charge in [0.1, 0.15) is 17.1 Å². The number of hydrogen-bond acceptors (Lipinski definition) is 5. The molecule has 0 bridgehead atoms. The second-order valence-electron chi connectivity index (χ2n) is 6.09. The number of nitrogens with zero attached hydrogens (tertiary/aromatic N) is 2. The molecule has 1 atom stereocenters. The van der Waals surface area contributed by atoms with Crippen molar-refractivity contribution in [2.24, 2.45) is 0 Å². The van der Waals surface area contributed by atoms with Crippen molar-refractivity contribution < 1.29 is 23.8 Å². The lowest BCUT2D eigenvalue weighted by Crippen LogP contribution is -2.53. The van der Waals surface area contributed by atoms with Crippen LogP contribution in [0.15, 0.2) is 42.5 Å². The maximum absolute atomic E-state index is 14.0. The smallest absolute Gasteiger partial charge is 0.307 e. The van der Waals surface area contributed by atoms with E-state index in [4.69, 9.17) is 4.74 Å². The van der Waals surface area contributed by atoms with E-state index in [1.807, 2.05) is 0 Å². The van der Waals surface area contributed by atoms with Gasteiger partial charge in [0.15, 0.2) is 10.7 Å². The number of carbonyl (C=O) groups is 2. The average Bonchev–Trinajstić information content (AvgIpc) is 3.00. The predicted molar refractivity (Wildman–Crippen MR) is 94.5 cm³/mol. The third kappa shape index (κ3) is 2.50. The summed E-state index contributed by atoms with van der Waals surface area (Å²) < 4.78 is 20.3. The summed E-state index contributed by atoms with van der Waals surface area (Å²) in [5.74, 6) is -1.82. The van der Waals surface area contributed by atoms with E-state index in [0.717, 1.165) is 11.3 Å². The molecule has 132 valence electrons. The number of aromatic nitrogens is 1. The first-order valence-corrected chi connectivity index (χ1v) is 8.60. The summed E-state index contributed by atoms with van der Waals surface area (Å²) in [4.78, 5) is 30.0. The molecule has 3 aromatic rings. The summed E-state index contributed by atoms with van der Waals surface area (Å²) in [6, 6.07) is 11.4. The van der Waals surface area contributed by atoms with Crippen molar-refractivity contribution in [3.05, 3.63) is 48.3 Å². The minimum absolute atomic E-state index is 0.171. The van der Waals surface area contributed by atoms with Gasteiger partial charge in [-0.3, -0.25) is 9.59 Å². The van der Waals surface area contributed by atoms with Gasteiger partial charge in [0, 0.05) is 0 Å². The number of aliphatic carboxylic acids is 1. The maximum Gasteiger partial charge on any atom is 0.307 e. The third-order valence-electron chi connectivity index (χ3n) is 4.14. The topological polar surface area (TPSA) is 79.7 Å². The summed E-state index contributed by atoms with van der Waals surface area (Å²) in [6.07, 6.45) is -0.504. The van der Waals surface area contributed by atoms with Gasteiger partial charge in [-0.2, -0.15) is 0 Å². The Kier molecular flexibility index (Phi) is 3.66. The molecule has 0 saturated heterocycles. The molecule has 8 heteroatoms. The molecule has 1 amide bonds. The lowest BCUT2D eigenvalue weighted by Gasteiger charge is -2.38. The minimum Gasteiger partial charge on any atom is -0.481 e. The fourth-order valence-corrected chi connectivity index (χ4v) is 3.94. The van der Waals surface area contributed by atoms with Crippen molar-refractivity contribution in [1.29, 1.82) is 0 Å². The Balaban J connectivity index is 1.90. The van der Waals surface area contributed by atoms with Gasteiger partial charge >= 0.3 is 5.97 Å². The van der Waals surface area contributed by atoms with Crippen molar-refractivity contribution in [1.82, 2.24) is 4.98 Å². The second-order valence-corrected chi connectivity index (χ2v) is 7.10. The molecule has 0 spiro atoms. The number of carboxylic acid groups (broad SMARTS) is 1. The lowest BCUT2D eigenvalue weighted by atomic mass is 9.97. The zero-order chi connectivity index (χ0) is 18.5. The molecule has 0 fully saturated rings. The highest BCUT2D eigenvalue weighted by molar-refractivity contribution is 7.22. The van der Waals surface area contributed by atoms with Gasteiger partial charge in [-0.05, 0) is 31.2 Å². The number of ether oxygens (including phenoxy) is 1. The Bertz CT molecular complexity index is 1050. The zero-order valence-electron chi connectivity index (χ0n) is 13.6. The van der Waals surface area contributed by atoms with E-state index in [0.29, 0.717) is 16.1 Å². The van der Waals surface area contributed by atoms with Gasteiger partial charge in [-0.15, -0.1) is 0 Å². The molecule has 0 radical (unpaired) electrons. The van der Waals surface area contributed by atoms with Crippen molar-refractivity contribution in [3.8, 4) is 5.75 Å². The molecule has 1 aliphatic rings. The molecule has 0 aliphatic carbocycles. The summed E-state index contributed by atoms with van der Waals surface area (Å²) >= 11 is 1.16. The van der Waals surface area contributed by atoms with Crippen LogP contribution in [0.25, 0.3) is 10.2 Å². The van der Waals surface area contributed by atoms with E-state index < -0.39 is 29.7 Å². The van der Waals surface area contributed by atoms with E-state index in [1.54, 1.807) is 36.4 Å². The molecule has 1 aromatic heterocycles. The molecule has 1 aliphatic heterocycles. The number of fused-ring (bicyclic) bond motifs is 2. The average molecular weight is 372 g/mol. The van der Waals surface area contributed by atoms with Crippen LogP contribution in [0.1, 0.15) is 13.3 Å². The molecule has 0 saturated carbocycles. The second kappa shape index (κ2) is 5.77. The van der Waals surface area contributed by atoms with Crippen LogP contribution in [0.3, 0.4) is 0 Å². The van der Waals surface area contributed by atoms with Crippen molar-refractivity contribution >= 4 is 44.2 Å². The number of hydrogen-bond donors (Lipinski definition) is 1. The largest absolute Gasteiger partial charge is 0.481 e. The van der Waals surface area contributed by atoms with Crippen LogP contribution in [0.2, 0.25) is 0 Å². The minimum atomic E-state index is -1.59. The molecule has 6 nitrogen and oxygen atoms in total. The molecule has 1 N–H and O–H groups in total. The molecular weight excluding hydrogens is 359 g/mol. The van der Waals surface area contributed by atoms with Gasteiger partial charge in [-0.1, -0.05) is 29.5 Å². The van der Waals surface area contributed by atoms with Crippen LogP contribution in [-0.4, -0.2) is 27.6 Å². The Labute approximate surface area is 151 Å². The fraction of sp³-hybridized carbons (Fsp3) is 0.167. The highest BCUT2D eigenvalue weighted by Crippen LogP contribution is 2.44. The van der Waals surface area contributed by atoms with E-state index in [2.05, 4.69) is 4.98 Å². The van der Waals surface area contributed by atoms with E-state index in [-0.39, 0.29) is 10.6 Å². The van der Waals surface area contributed by atoms with Gasteiger partial charge in [0.25, 0.3) is 5.91 Å². The van der Waals surface area contributed by atoms with Crippen LogP contribution >= 0.6 is 11.3 Å². The molecule has 2 heterocycles. The number of carbonyl (C=O) groups excluding carboxylic acids is 1. The number of amides is 1. The fourth-order valence-electron chi connectivity index (χ4n) is 2.95. The van der Waals surface area contributed by atoms with Crippen LogP contribution in [-0.2, 0) is 9.59 Å². The maximum atomic E-state index is 14.0. The molecular formula is C18H13FN2O4S. The number of thiazole rings is 1. The predicted octanol–water partition coefficient (Wildman–Crippen LogP) is 3.73. The first-order valence-electron chi connectivity index (χ1n) is 7.78. The zero-order valence-corrected chi connectivity index (χ0v) is 14.4. The molecule has 2 aromatic carbocycles. The Morgan fingerprint density at radius 1 is 1.31 bits per heavy atom. The van der Waals surface area contributed by atoms with Crippen molar-refractivity contribution in [2.75, 3.05) is 4.90 Å². The number of halogens is 1. The lowest BCUT2D eigenvalue weighted by molar-refractivity contribution is -0.148.